The van der Waals surface area contributed by atoms with Crippen LogP contribution in [0.15, 0.2) is 0 Å². The highest BCUT2D eigenvalue weighted by Gasteiger charge is 2.19. The molecule has 1 atom stereocenters. The summed E-state index contributed by atoms with van der Waals surface area (Å²) in [5.41, 5.74) is 9.89. The average molecular weight is 283 g/mol. The smallest absolute Gasteiger partial charge is 0.0701 e. The Morgan fingerprint density at radius 2 is 1.90 bits per heavy atom. The van der Waals surface area contributed by atoms with Crippen molar-refractivity contribution in [1.29, 1.82) is 0 Å². The third kappa shape index (κ3) is 4.30. The maximum atomic E-state index is 6.25. The molecule has 1 aromatic rings. The van der Waals surface area contributed by atoms with Crippen LogP contribution >= 0.6 is 0 Å². The number of aromatic nitrogens is 2. The SMILES string of the molecule is CCc1nn(CCOCCOC)c(CC)c1C(N)CC. The second-order valence-corrected chi connectivity index (χ2v) is 4.86. The molecule has 1 rings (SSSR count). The molecule has 1 aromatic heterocycles. The van der Waals surface area contributed by atoms with E-state index in [4.69, 9.17) is 20.3 Å². The van der Waals surface area contributed by atoms with Crippen molar-refractivity contribution in [3.63, 3.8) is 0 Å². The molecule has 0 amide bonds. The maximum Gasteiger partial charge on any atom is 0.0701 e. The molecule has 116 valence electrons. The summed E-state index contributed by atoms with van der Waals surface area (Å²) in [4.78, 5) is 0. The molecule has 0 aliphatic heterocycles. The third-order valence-electron chi connectivity index (χ3n) is 3.53. The molecule has 0 saturated heterocycles. The fourth-order valence-electron chi connectivity index (χ4n) is 2.41. The van der Waals surface area contributed by atoms with Crippen LogP contribution in [0.2, 0.25) is 0 Å². The zero-order valence-corrected chi connectivity index (χ0v) is 13.3. The Hall–Kier alpha value is -0.910. The van der Waals surface area contributed by atoms with E-state index in [-0.39, 0.29) is 6.04 Å². The number of hydrogen-bond acceptors (Lipinski definition) is 4. The van der Waals surface area contributed by atoms with Gasteiger partial charge in [0.2, 0.25) is 0 Å². The summed E-state index contributed by atoms with van der Waals surface area (Å²) in [6.45, 7) is 9.10. The normalized spacial score (nSPS) is 12.8. The number of ether oxygens (including phenoxy) is 2. The van der Waals surface area contributed by atoms with Gasteiger partial charge in [0, 0.05) is 24.4 Å². The first-order chi connectivity index (χ1) is 9.69. The molecule has 0 fully saturated rings. The minimum absolute atomic E-state index is 0.0862. The van der Waals surface area contributed by atoms with E-state index in [1.807, 2.05) is 0 Å². The molecular formula is C15H29N3O2. The van der Waals surface area contributed by atoms with Crippen molar-refractivity contribution in [2.24, 2.45) is 5.73 Å². The van der Waals surface area contributed by atoms with Crippen molar-refractivity contribution in [2.75, 3.05) is 26.9 Å². The average Bonchev–Trinajstić information content (AvgIpc) is 2.83. The largest absolute Gasteiger partial charge is 0.382 e. The molecule has 0 aromatic carbocycles. The van der Waals surface area contributed by atoms with Crippen LogP contribution in [-0.4, -0.2) is 36.7 Å². The summed E-state index contributed by atoms with van der Waals surface area (Å²) >= 11 is 0. The fraction of sp³-hybridized carbons (Fsp3) is 0.800. The predicted molar refractivity (Wildman–Crippen MR) is 80.9 cm³/mol. The zero-order valence-electron chi connectivity index (χ0n) is 13.3. The number of nitrogens with zero attached hydrogens (tertiary/aromatic N) is 2. The van der Waals surface area contributed by atoms with Crippen LogP contribution in [-0.2, 0) is 28.9 Å². The number of nitrogens with two attached hydrogens (primary N) is 1. The zero-order chi connectivity index (χ0) is 15.0. The van der Waals surface area contributed by atoms with Gasteiger partial charge in [0.05, 0.1) is 32.1 Å². The van der Waals surface area contributed by atoms with E-state index in [2.05, 4.69) is 25.5 Å². The molecule has 5 nitrogen and oxygen atoms in total. The molecule has 0 bridgehead atoms. The molecular weight excluding hydrogens is 254 g/mol. The van der Waals surface area contributed by atoms with Crippen LogP contribution in [0.4, 0.5) is 0 Å². The van der Waals surface area contributed by atoms with E-state index in [1.54, 1.807) is 7.11 Å². The first-order valence-corrected chi connectivity index (χ1v) is 7.60. The topological polar surface area (TPSA) is 62.3 Å². The van der Waals surface area contributed by atoms with Crippen molar-refractivity contribution in [3.8, 4) is 0 Å². The second kappa shape index (κ2) is 9.10. The van der Waals surface area contributed by atoms with E-state index in [0.717, 1.165) is 31.5 Å². The quantitative estimate of drug-likeness (QED) is 0.668. The van der Waals surface area contributed by atoms with Crippen molar-refractivity contribution < 1.29 is 9.47 Å². The predicted octanol–water partition coefficient (Wildman–Crippen LogP) is 2.08. The van der Waals surface area contributed by atoms with Crippen LogP contribution in [0.5, 0.6) is 0 Å². The number of aryl methyl sites for hydroxylation is 1. The lowest BCUT2D eigenvalue weighted by atomic mass is 10.00. The molecule has 0 saturated carbocycles. The Morgan fingerprint density at radius 1 is 1.15 bits per heavy atom. The van der Waals surface area contributed by atoms with Crippen molar-refractivity contribution in [1.82, 2.24) is 9.78 Å². The van der Waals surface area contributed by atoms with Crippen LogP contribution < -0.4 is 5.73 Å². The first-order valence-electron chi connectivity index (χ1n) is 7.60. The van der Waals surface area contributed by atoms with E-state index >= 15 is 0 Å². The lowest BCUT2D eigenvalue weighted by molar-refractivity contribution is 0.0651. The number of rotatable bonds is 10. The van der Waals surface area contributed by atoms with E-state index in [9.17, 15) is 0 Å². The fourth-order valence-corrected chi connectivity index (χ4v) is 2.41. The van der Waals surface area contributed by atoms with Crippen molar-refractivity contribution >= 4 is 0 Å². The molecule has 0 spiro atoms. The maximum absolute atomic E-state index is 6.25. The number of hydrogen-bond donors (Lipinski definition) is 1. The highest BCUT2D eigenvalue weighted by atomic mass is 16.5. The minimum atomic E-state index is 0.0862. The first kappa shape index (κ1) is 17.1. The second-order valence-electron chi connectivity index (χ2n) is 4.86. The Labute approximate surface area is 122 Å². The van der Waals surface area contributed by atoms with E-state index in [0.29, 0.717) is 19.8 Å². The summed E-state index contributed by atoms with van der Waals surface area (Å²) in [5.74, 6) is 0. The van der Waals surface area contributed by atoms with Gasteiger partial charge in [-0.3, -0.25) is 4.68 Å². The molecule has 0 aliphatic rings. The van der Waals surface area contributed by atoms with E-state index in [1.165, 1.54) is 11.3 Å². The highest BCUT2D eigenvalue weighted by molar-refractivity contribution is 5.30. The lowest BCUT2D eigenvalue weighted by Gasteiger charge is -2.12. The van der Waals surface area contributed by atoms with Crippen LogP contribution in [0.25, 0.3) is 0 Å². The Balaban J connectivity index is 2.77. The van der Waals surface area contributed by atoms with Crippen LogP contribution in [0, 0.1) is 0 Å². The van der Waals surface area contributed by atoms with Crippen LogP contribution in [0.3, 0.4) is 0 Å². The monoisotopic (exact) mass is 283 g/mol. The van der Waals surface area contributed by atoms with Gasteiger partial charge in [0.15, 0.2) is 0 Å². The van der Waals surface area contributed by atoms with Crippen molar-refractivity contribution in [2.45, 2.75) is 52.6 Å². The Bertz CT molecular complexity index is 391. The summed E-state index contributed by atoms with van der Waals surface area (Å²) in [6, 6.07) is 0.0862. The van der Waals surface area contributed by atoms with Gasteiger partial charge in [-0.1, -0.05) is 20.8 Å². The summed E-state index contributed by atoms with van der Waals surface area (Å²) in [7, 11) is 1.68. The van der Waals surface area contributed by atoms with Gasteiger partial charge in [0.25, 0.3) is 0 Å². The van der Waals surface area contributed by atoms with Crippen LogP contribution in [0.1, 0.15) is 50.2 Å². The van der Waals surface area contributed by atoms with Gasteiger partial charge in [-0.15, -0.1) is 0 Å². The molecule has 2 N–H and O–H groups in total. The molecule has 20 heavy (non-hydrogen) atoms. The minimum Gasteiger partial charge on any atom is -0.382 e. The lowest BCUT2D eigenvalue weighted by Crippen LogP contribution is -2.15. The van der Waals surface area contributed by atoms with Gasteiger partial charge < -0.3 is 15.2 Å². The van der Waals surface area contributed by atoms with Gasteiger partial charge in [-0.05, 0) is 19.3 Å². The standard InChI is InChI=1S/C15H29N3O2/c1-5-12(16)15-13(6-2)17-18(14(15)7-3)8-9-20-11-10-19-4/h12H,5-11,16H2,1-4H3. The summed E-state index contributed by atoms with van der Waals surface area (Å²) in [6.07, 6.45) is 2.82. The van der Waals surface area contributed by atoms with Gasteiger partial charge in [0.1, 0.15) is 0 Å². The Morgan fingerprint density at radius 3 is 2.45 bits per heavy atom. The van der Waals surface area contributed by atoms with Gasteiger partial charge >= 0.3 is 0 Å². The Kier molecular flexibility index (Phi) is 7.80. The summed E-state index contributed by atoms with van der Waals surface area (Å²) < 4.78 is 12.6. The molecule has 1 heterocycles. The van der Waals surface area contributed by atoms with E-state index < -0.39 is 0 Å². The molecule has 0 radical (unpaired) electrons. The molecule has 5 heteroatoms. The van der Waals surface area contributed by atoms with Gasteiger partial charge in [-0.2, -0.15) is 5.10 Å². The van der Waals surface area contributed by atoms with Crippen molar-refractivity contribution in [3.05, 3.63) is 17.0 Å². The highest BCUT2D eigenvalue weighted by Crippen LogP contribution is 2.24. The molecule has 1 unspecified atom stereocenters. The summed E-state index contributed by atoms with van der Waals surface area (Å²) in [5, 5.41) is 4.71. The number of methoxy groups -OCH3 is 1. The van der Waals surface area contributed by atoms with Gasteiger partial charge in [-0.25, -0.2) is 0 Å². The third-order valence-corrected chi connectivity index (χ3v) is 3.53. The molecule has 0 aliphatic carbocycles.